The van der Waals surface area contributed by atoms with Crippen LogP contribution >= 0.6 is 0 Å². The van der Waals surface area contributed by atoms with Crippen LogP contribution in [0.15, 0.2) is 55.6 Å². The van der Waals surface area contributed by atoms with Gasteiger partial charge in [-0.1, -0.05) is 42.5 Å². The van der Waals surface area contributed by atoms with E-state index < -0.39 is 65.2 Å². The van der Waals surface area contributed by atoms with Gasteiger partial charge >= 0.3 is 5.97 Å². The van der Waals surface area contributed by atoms with Crippen molar-refractivity contribution < 1.29 is 38.5 Å². The van der Waals surface area contributed by atoms with Crippen LogP contribution in [-0.4, -0.2) is 101 Å². The van der Waals surface area contributed by atoms with Gasteiger partial charge in [0.15, 0.2) is 0 Å². The van der Waals surface area contributed by atoms with Crippen molar-refractivity contribution in [2.75, 3.05) is 26.9 Å². The molecule has 0 radical (unpaired) electrons. The van der Waals surface area contributed by atoms with E-state index in [1.165, 1.54) is 12.0 Å². The summed E-state index contributed by atoms with van der Waals surface area (Å²) in [4.78, 5) is 58.9. The van der Waals surface area contributed by atoms with E-state index in [0.29, 0.717) is 24.8 Å². The van der Waals surface area contributed by atoms with Crippen LogP contribution in [0.25, 0.3) is 0 Å². The molecule has 3 heterocycles. The molecular formula is C35H49N3O8. The Morgan fingerprint density at radius 1 is 1.22 bits per heavy atom. The molecule has 3 fully saturated rings. The summed E-state index contributed by atoms with van der Waals surface area (Å²) in [6.45, 7) is 14.8. The zero-order chi connectivity index (χ0) is 33.8. The first kappa shape index (κ1) is 35.3. The number of amides is 3. The van der Waals surface area contributed by atoms with Crippen molar-refractivity contribution in [2.45, 2.75) is 94.9 Å². The fourth-order valence-corrected chi connectivity index (χ4v) is 7.30. The molecule has 3 saturated heterocycles. The highest BCUT2D eigenvalue weighted by Gasteiger charge is 2.75. The minimum Gasteiger partial charge on any atom is -0.455 e. The van der Waals surface area contributed by atoms with Crippen LogP contribution in [0.5, 0.6) is 0 Å². The molecule has 4 rings (SSSR count). The van der Waals surface area contributed by atoms with Gasteiger partial charge < -0.3 is 34.4 Å². The number of benzene rings is 1. The lowest BCUT2D eigenvalue weighted by Crippen LogP contribution is -2.61. The van der Waals surface area contributed by atoms with Crippen LogP contribution in [0.2, 0.25) is 0 Å². The molecule has 46 heavy (non-hydrogen) atoms. The Morgan fingerprint density at radius 2 is 1.91 bits per heavy atom. The maximum atomic E-state index is 14.4. The largest absolute Gasteiger partial charge is 0.455 e. The smallest absolute Gasteiger partial charge is 0.313 e. The van der Waals surface area contributed by atoms with Gasteiger partial charge in [-0.3, -0.25) is 19.2 Å². The zero-order valence-electron chi connectivity index (χ0n) is 27.6. The van der Waals surface area contributed by atoms with E-state index in [4.69, 9.17) is 14.2 Å². The number of ether oxygens (including phenoxy) is 3. The van der Waals surface area contributed by atoms with Crippen LogP contribution < -0.4 is 5.32 Å². The Labute approximate surface area is 271 Å². The molecule has 0 saturated carbocycles. The molecule has 11 heteroatoms. The molecule has 3 aliphatic rings. The number of allylic oxidation sites excluding steroid dienone is 1. The van der Waals surface area contributed by atoms with Gasteiger partial charge in [-0.25, -0.2) is 0 Å². The van der Waals surface area contributed by atoms with Crippen molar-refractivity contribution in [1.82, 2.24) is 15.1 Å². The van der Waals surface area contributed by atoms with E-state index in [1.807, 2.05) is 39.0 Å². The summed E-state index contributed by atoms with van der Waals surface area (Å²) in [5.74, 6) is -3.59. The molecule has 0 unspecified atom stereocenters. The van der Waals surface area contributed by atoms with Gasteiger partial charge in [-0.05, 0) is 52.5 Å². The van der Waals surface area contributed by atoms with E-state index in [1.54, 1.807) is 36.1 Å². The molecule has 8 atom stereocenters. The second kappa shape index (κ2) is 14.5. The molecular weight excluding hydrogens is 590 g/mol. The maximum Gasteiger partial charge on any atom is 0.313 e. The van der Waals surface area contributed by atoms with Gasteiger partial charge in [0.05, 0.1) is 43.2 Å². The fourth-order valence-electron chi connectivity index (χ4n) is 7.30. The SMILES string of the molecule is C=CCCC(=O)N[C@H](COC)[C@H](OC(=O)[C@@H]1[C@@H]2CC[C@]3(O2)[C@H](C(=O)N(CC=C)C(C)(C)C)N([C@H](C)CO)C(=O)[C@@H]13)c1ccccc1. The number of hydrogen-bond donors (Lipinski definition) is 2. The number of esters is 1. The Balaban J connectivity index is 1.71. The monoisotopic (exact) mass is 639 g/mol. The van der Waals surface area contributed by atoms with Crippen molar-refractivity contribution in [2.24, 2.45) is 11.8 Å². The van der Waals surface area contributed by atoms with Crippen molar-refractivity contribution in [3.8, 4) is 0 Å². The first-order chi connectivity index (χ1) is 21.9. The predicted molar refractivity (Wildman–Crippen MR) is 171 cm³/mol. The number of rotatable bonds is 15. The van der Waals surface area contributed by atoms with Crippen molar-refractivity contribution in [3.63, 3.8) is 0 Å². The van der Waals surface area contributed by atoms with Crippen molar-refractivity contribution in [1.29, 1.82) is 0 Å². The van der Waals surface area contributed by atoms with Crippen molar-refractivity contribution >= 4 is 23.7 Å². The Kier molecular flexibility index (Phi) is 11.1. The predicted octanol–water partition coefficient (Wildman–Crippen LogP) is 2.94. The highest BCUT2D eigenvalue weighted by Crippen LogP contribution is 2.59. The maximum absolute atomic E-state index is 14.4. The number of carbonyl (C=O) groups excluding carboxylic acids is 4. The summed E-state index contributed by atoms with van der Waals surface area (Å²) < 4.78 is 18.2. The first-order valence-corrected chi connectivity index (χ1v) is 16.0. The summed E-state index contributed by atoms with van der Waals surface area (Å²) >= 11 is 0. The molecule has 0 aliphatic carbocycles. The number of likely N-dealkylation sites (tertiary alicyclic amines) is 1. The molecule has 252 valence electrons. The average Bonchev–Trinajstić information content (AvgIpc) is 3.67. The third-order valence-electron chi connectivity index (χ3n) is 9.38. The topological polar surface area (TPSA) is 135 Å². The van der Waals surface area contributed by atoms with Crippen LogP contribution in [-0.2, 0) is 33.4 Å². The van der Waals surface area contributed by atoms with E-state index in [2.05, 4.69) is 18.5 Å². The second-order valence-corrected chi connectivity index (χ2v) is 13.5. The highest BCUT2D eigenvalue weighted by atomic mass is 16.6. The molecule has 3 amide bonds. The summed E-state index contributed by atoms with van der Waals surface area (Å²) in [5, 5.41) is 13.1. The lowest BCUT2D eigenvalue weighted by molar-refractivity contribution is -0.163. The van der Waals surface area contributed by atoms with Crippen molar-refractivity contribution in [3.05, 3.63) is 61.2 Å². The lowest BCUT2D eigenvalue weighted by Gasteiger charge is -2.43. The first-order valence-electron chi connectivity index (χ1n) is 16.0. The van der Waals surface area contributed by atoms with Crippen LogP contribution in [0, 0.1) is 11.8 Å². The van der Waals surface area contributed by atoms with Crippen LogP contribution in [0.1, 0.15) is 65.0 Å². The average molecular weight is 640 g/mol. The molecule has 3 aliphatic heterocycles. The minimum atomic E-state index is -1.26. The number of aliphatic hydroxyl groups excluding tert-OH is 1. The number of nitrogens with zero attached hydrogens (tertiary/aromatic N) is 2. The normalized spacial score (nSPS) is 27.0. The van der Waals surface area contributed by atoms with Gasteiger partial charge in [0.25, 0.3) is 0 Å². The van der Waals surface area contributed by atoms with Crippen LogP contribution in [0.4, 0.5) is 0 Å². The molecule has 1 aromatic carbocycles. The molecule has 0 aromatic heterocycles. The lowest BCUT2D eigenvalue weighted by atomic mass is 9.70. The highest BCUT2D eigenvalue weighted by molar-refractivity contribution is 5.98. The third kappa shape index (κ3) is 6.63. The number of fused-ring (bicyclic) bond motifs is 1. The quantitative estimate of drug-likeness (QED) is 0.221. The molecule has 11 nitrogen and oxygen atoms in total. The van der Waals surface area contributed by atoms with Gasteiger partial charge in [0.2, 0.25) is 17.7 Å². The summed E-state index contributed by atoms with van der Waals surface area (Å²) in [7, 11) is 1.50. The van der Waals surface area contributed by atoms with E-state index >= 15 is 0 Å². The Hall–Kier alpha value is -3.54. The Morgan fingerprint density at radius 3 is 2.50 bits per heavy atom. The van der Waals surface area contributed by atoms with Crippen LogP contribution in [0.3, 0.4) is 0 Å². The molecule has 2 N–H and O–H groups in total. The van der Waals surface area contributed by atoms with E-state index in [9.17, 15) is 24.3 Å². The Bertz CT molecular complexity index is 1300. The van der Waals surface area contributed by atoms with E-state index in [-0.39, 0.29) is 38.0 Å². The standard InChI is InChI=1S/C35H49N3O8/c1-8-10-16-26(40)36-24(21-44-7)29(23-14-12-11-13-15-23)45-33(43)27-25-17-18-35(46-25)28(27)31(41)38(22(3)20-39)30(35)32(42)37(19-9-2)34(4,5)6/h8-9,11-15,22,24-25,27-30,39H,1-2,10,16-21H2,3-7H3,(H,36,40)/t22-,24-,25+,27-,28-,29-,30+,35-/m1/s1. The van der Waals surface area contributed by atoms with E-state index in [0.717, 1.165) is 0 Å². The summed E-state index contributed by atoms with van der Waals surface area (Å²) in [6, 6.07) is 6.61. The zero-order valence-corrected chi connectivity index (χ0v) is 27.6. The fraction of sp³-hybridized carbons (Fsp3) is 0.600. The number of methoxy groups -OCH3 is 1. The molecule has 1 aromatic rings. The number of aliphatic hydroxyl groups is 1. The third-order valence-corrected chi connectivity index (χ3v) is 9.38. The van der Waals surface area contributed by atoms with Gasteiger partial charge in [-0.15, -0.1) is 13.2 Å². The number of nitrogens with one attached hydrogen (secondary N) is 1. The molecule has 2 bridgehead atoms. The second-order valence-electron chi connectivity index (χ2n) is 13.5. The summed E-state index contributed by atoms with van der Waals surface area (Å²) in [6.07, 6.45) is 3.29. The van der Waals surface area contributed by atoms with Gasteiger partial charge in [-0.2, -0.15) is 0 Å². The van der Waals surface area contributed by atoms with Gasteiger partial charge in [0.1, 0.15) is 17.7 Å². The summed E-state index contributed by atoms with van der Waals surface area (Å²) in [5.41, 5.74) is -1.21. The molecule has 1 spiro atoms. The number of hydrogen-bond acceptors (Lipinski definition) is 8. The number of carbonyl (C=O) groups is 4. The van der Waals surface area contributed by atoms with Gasteiger partial charge in [0, 0.05) is 25.6 Å². The minimum absolute atomic E-state index is 0.0634.